The largest absolute Gasteiger partial charge is 0.347 e. The molecule has 0 amide bonds. The summed E-state index contributed by atoms with van der Waals surface area (Å²) >= 11 is 0. The van der Waals surface area contributed by atoms with Crippen molar-refractivity contribution >= 4 is 0 Å². The minimum atomic E-state index is 0.645. The Kier molecular flexibility index (Phi) is 2.84. The SMILES string of the molecule is CC1CC(CN)CN1Cc1cnc[nH]1. The van der Waals surface area contributed by atoms with Gasteiger partial charge in [-0.05, 0) is 25.8 Å². The summed E-state index contributed by atoms with van der Waals surface area (Å²) in [5.41, 5.74) is 6.87. The quantitative estimate of drug-likeness (QED) is 0.740. The first-order valence-electron chi connectivity index (χ1n) is 5.21. The minimum Gasteiger partial charge on any atom is -0.347 e. The first-order chi connectivity index (χ1) is 6.79. The molecule has 2 heterocycles. The Hall–Kier alpha value is -0.870. The maximum atomic E-state index is 5.68. The molecule has 2 unspecified atom stereocenters. The van der Waals surface area contributed by atoms with Crippen LogP contribution in [-0.2, 0) is 6.54 Å². The molecule has 1 aromatic rings. The van der Waals surface area contributed by atoms with E-state index in [1.165, 1.54) is 12.1 Å². The van der Waals surface area contributed by atoms with Crippen LogP contribution in [0, 0.1) is 5.92 Å². The fourth-order valence-electron chi connectivity index (χ4n) is 2.20. The van der Waals surface area contributed by atoms with Crippen LogP contribution in [0.25, 0.3) is 0 Å². The predicted octanol–water partition coefficient (Wildman–Crippen LogP) is 0.579. The molecule has 0 aliphatic carbocycles. The van der Waals surface area contributed by atoms with E-state index in [0.717, 1.165) is 19.6 Å². The van der Waals surface area contributed by atoms with Crippen LogP contribution in [0.15, 0.2) is 12.5 Å². The van der Waals surface area contributed by atoms with E-state index in [1.807, 2.05) is 6.20 Å². The van der Waals surface area contributed by atoms with Crippen LogP contribution in [0.5, 0.6) is 0 Å². The van der Waals surface area contributed by atoms with Gasteiger partial charge in [-0.3, -0.25) is 4.90 Å². The second kappa shape index (κ2) is 4.11. The third-order valence-electron chi connectivity index (χ3n) is 3.05. The van der Waals surface area contributed by atoms with Crippen molar-refractivity contribution in [3.8, 4) is 0 Å². The van der Waals surface area contributed by atoms with Gasteiger partial charge in [-0.25, -0.2) is 4.98 Å². The average Bonchev–Trinajstić information content (AvgIpc) is 2.78. The van der Waals surface area contributed by atoms with E-state index in [9.17, 15) is 0 Å². The van der Waals surface area contributed by atoms with Gasteiger partial charge in [0.05, 0.1) is 6.33 Å². The number of nitrogens with zero attached hydrogens (tertiary/aromatic N) is 2. The van der Waals surface area contributed by atoms with E-state index in [4.69, 9.17) is 5.73 Å². The molecule has 2 atom stereocenters. The van der Waals surface area contributed by atoms with Crippen LogP contribution in [-0.4, -0.2) is 34.0 Å². The second-order valence-electron chi connectivity index (χ2n) is 4.19. The summed E-state index contributed by atoms with van der Waals surface area (Å²) in [7, 11) is 0. The van der Waals surface area contributed by atoms with Gasteiger partial charge in [0.15, 0.2) is 0 Å². The first kappa shape index (κ1) is 9.68. The highest BCUT2D eigenvalue weighted by molar-refractivity contribution is 4.96. The third kappa shape index (κ3) is 1.96. The summed E-state index contributed by atoms with van der Waals surface area (Å²) in [5.74, 6) is 0.674. The number of H-pyrrole nitrogens is 1. The molecule has 2 rings (SSSR count). The lowest BCUT2D eigenvalue weighted by Crippen LogP contribution is -2.27. The summed E-state index contributed by atoms with van der Waals surface area (Å²) < 4.78 is 0. The monoisotopic (exact) mass is 194 g/mol. The smallest absolute Gasteiger partial charge is 0.0922 e. The topological polar surface area (TPSA) is 57.9 Å². The van der Waals surface area contributed by atoms with Crippen LogP contribution in [0.1, 0.15) is 19.0 Å². The molecule has 0 saturated carbocycles. The lowest BCUT2D eigenvalue weighted by molar-refractivity contribution is 0.253. The van der Waals surface area contributed by atoms with E-state index in [1.54, 1.807) is 6.33 Å². The molecule has 1 aliphatic heterocycles. The van der Waals surface area contributed by atoms with E-state index < -0.39 is 0 Å². The predicted molar refractivity (Wildman–Crippen MR) is 55.6 cm³/mol. The van der Waals surface area contributed by atoms with Gasteiger partial charge in [0.25, 0.3) is 0 Å². The number of rotatable bonds is 3. The minimum absolute atomic E-state index is 0.645. The van der Waals surface area contributed by atoms with Crippen molar-refractivity contribution < 1.29 is 0 Å². The number of hydrogen-bond donors (Lipinski definition) is 2. The number of hydrogen-bond acceptors (Lipinski definition) is 3. The Morgan fingerprint density at radius 1 is 1.71 bits per heavy atom. The van der Waals surface area contributed by atoms with Gasteiger partial charge in [-0.1, -0.05) is 0 Å². The molecule has 4 nitrogen and oxygen atoms in total. The Labute approximate surface area is 84.5 Å². The normalized spacial score (nSPS) is 28.4. The van der Waals surface area contributed by atoms with E-state index in [-0.39, 0.29) is 0 Å². The molecule has 0 spiro atoms. The zero-order valence-electron chi connectivity index (χ0n) is 8.61. The highest BCUT2D eigenvalue weighted by atomic mass is 15.2. The van der Waals surface area contributed by atoms with Gasteiger partial charge in [0.1, 0.15) is 0 Å². The maximum Gasteiger partial charge on any atom is 0.0922 e. The van der Waals surface area contributed by atoms with Gasteiger partial charge in [-0.2, -0.15) is 0 Å². The Balaban J connectivity index is 1.93. The molecule has 1 aromatic heterocycles. The molecular weight excluding hydrogens is 176 g/mol. The molecule has 0 aromatic carbocycles. The molecule has 1 saturated heterocycles. The molecule has 1 aliphatic rings. The van der Waals surface area contributed by atoms with Crippen LogP contribution in [0.4, 0.5) is 0 Å². The summed E-state index contributed by atoms with van der Waals surface area (Å²) in [6.07, 6.45) is 4.85. The summed E-state index contributed by atoms with van der Waals surface area (Å²) in [6.45, 7) is 5.17. The van der Waals surface area contributed by atoms with Gasteiger partial charge >= 0.3 is 0 Å². The highest BCUT2D eigenvalue weighted by Crippen LogP contribution is 2.23. The van der Waals surface area contributed by atoms with Crippen molar-refractivity contribution in [2.45, 2.75) is 25.9 Å². The summed E-state index contributed by atoms with van der Waals surface area (Å²) in [4.78, 5) is 9.62. The van der Waals surface area contributed by atoms with Crippen molar-refractivity contribution in [2.75, 3.05) is 13.1 Å². The number of aromatic nitrogens is 2. The van der Waals surface area contributed by atoms with Gasteiger partial charge in [0.2, 0.25) is 0 Å². The second-order valence-corrected chi connectivity index (χ2v) is 4.19. The van der Waals surface area contributed by atoms with E-state index in [2.05, 4.69) is 21.8 Å². The zero-order valence-corrected chi connectivity index (χ0v) is 8.61. The molecule has 4 heteroatoms. The number of nitrogens with two attached hydrogens (primary N) is 1. The van der Waals surface area contributed by atoms with Crippen LogP contribution in [0.3, 0.4) is 0 Å². The van der Waals surface area contributed by atoms with Crippen molar-refractivity contribution in [1.29, 1.82) is 0 Å². The maximum absolute atomic E-state index is 5.68. The van der Waals surface area contributed by atoms with Crippen LogP contribution < -0.4 is 5.73 Å². The van der Waals surface area contributed by atoms with Crippen LogP contribution in [0.2, 0.25) is 0 Å². The molecule has 0 radical (unpaired) electrons. The van der Waals surface area contributed by atoms with E-state index >= 15 is 0 Å². The molecule has 3 N–H and O–H groups in total. The molecule has 1 fully saturated rings. The molecule has 0 bridgehead atoms. The zero-order chi connectivity index (χ0) is 9.97. The average molecular weight is 194 g/mol. The third-order valence-corrected chi connectivity index (χ3v) is 3.05. The Morgan fingerprint density at radius 2 is 2.57 bits per heavy atom. The van der Waals surface area contributed by atoms with Gasteiger partial charge < -0.3 is 10.7 Å². The fourth-order valence-corrected chi connectivity index (χ4v) is 2.20. The number of likely N-dealkylation sites (tertiary alicyclic amines) is 1. The molecule has 14 heavy (non-hydrogen) atoms. The highest BCUT2D eigenvalue weighted by Gasteiger charge is 2.27. The number of imidazole rings is 1. The fraction of sp³-hybridized carbons (Fsp3) is 0.700. The van der Waals surface area contributed by atoms with Gasteiger partial charge in [-0.15, -0.1) is 0 Å². The van der Waals surface area contributed by atoms with Crippen molar-refractivity contribution in [1.82, 2.24) is 14.9 Å². The number of aromatic amines is 1. The standard InChI is InChI=1S/C10H18N4/c1-8-2-9(3-11)5-14(8)6-10-4-12-7-13-10/h4,7-9H,2-3,5-6,11H2,1H3,(H,12,13). The molecular formula is C10H18N4. The van der Waals surface area contributed by atoms with Crippen molar-refractivity contribution in [3.63, 3.8) is 0 Å². The number of nitrogens with one attached hydrogen (secondary N) is 1. The molecule has 78 valence electrons. The van der Waals surface area contributed by atoms with E-state index in [0.29, 0.717) is 12.0 Å². The van der Waals surface area contributed by atoms with Crippen LogP contribution >= 0.6 is 0 Å². The summed E-state index contributed by atoms with van der Waals surface area (Å²) in [6, 6.07) is 0.645. The Morgan fingerprint density at radius 3 is 3.14 bits per heavy atom. The van der Waals surface area contributed by atoms with Gasteiger partial charge in [0, 0.05) is 31.0 Å². The Bertz CT molecular complexity index is 270. The van der Waals surface area contributed by atoms with Crippen molar-refractivity contribution in [2.24, 2.45) is 11.7 Å². The lowest BCUT2D eigenvalue weighted by Gasteiger charge is -2.19. The summed E-state index contributed by atoms with van der Waals surface area (Å²) in [5, 5.41) is 0. The first-order valence-corrected chi connectivity index (χ1v) is 5.21. The lowest BCUT2D eigenvalue weighted by atomic mass is 10.1. The van der Waals surface area contributed by atoms with Crippen molar-refractivity contribution in [3.05, 3.63) is 18.2 Å².